The topological polar surface area (TPSA) is 41.6 Å². The van der Waals surface area contributed by atoms with Gasteiger partial charge in [-0.3, -0.25) is 9.69 Å². The minimum absolute atomic E-state index is 0. The van der Waals surface area contributed by atoms with Gasteiger partial charge in [-0.2, -0.15) is 0 Å². The number of halogens is 2. The van der Waals surface area contributed by atoms with Gasteiger partial charge in [0.05, 0.1) is 6.04 Å². The molecule has 1 aliphatic rings. The molecule has 1 aliphatic heterocycles. The summed E-state index contributed by atoms with van der Waals surface area (Å²) in [4.78, 5) is 16.1. The van der Waals surface area contributed by atoms with Crippen molar-refractivity contribution in [2.75, 3.05) is 26.2 Å². The highest BCUT2D eigenvalue weighted by molar-refractivity contribution is 9.10. The van der Waals surface area contributed by atoms with E-state index in [4.69, 9.17) is 4.74 Å². The van der Waals surface area contributed by atoms with E-state index in [1.807, 2.05) is 24.3 Å². The highest BCUT2D eigenvalue weighted by Crippen LogP contribution is 2.27. The van der Waals surface area contributed by atoms with Crippen molar-refractivity contribution in [3.05, 3.63) is 51.1 Å². The van der Waals surface area contributed by atoms with E-state index in [0.29, 0.717) is 12.3 Å². The van der Waals surface area contributed by atoms with E-state index in [9.17, 15) is 4.79 Å². The summed E-state index contributed by atoms with van der Waals surface area (Å²) < 4.78 is 6.56. The van der Waals surface area contributed by atoms with Gasteiger partial charge in [-0.05, 0) is 61.6 Å². The molecule has 4 nitrogen and oxygen atoms in total. The fourth-order valence-electron chi connectivity index (χ4n) is 3.24. The zero-order valence-corrected chi connectivity index (χ0v) is 18.5. The molecule has 1 aromatic carbocycles. The molecule has 3 rings (SSSR count). The molecule has 0 spiro atoms. The molecule has 1 amide bonds. The van der Waals surface area contributed by atoms with Gasteiger partial charge in [0.15, 0.2) is 6.61 Å². The van der Waals surface area contributed by atoms with E-state index in [2.05, 4.69) is 43.7 Å². The van der Waals surface area contributed by atoms with Crippen LogP contribution < -0.4 is 10.1 Å². The van der Waals surface area contributed by atoms with Crippen molar-refractivity contribution in [3.63, 3.8) is 0 Å². The number of rotatable bonds is 7. The third kappa shape index (κ3) is 7.11. The number of nitrogens with one attached hydrogen (secondary N) is 1. The predicted octanol–water partition coefficient (Wildman–Crippen LogP) is 5.04. The van der Waals surface area contributed by atoms with Gasteiger partial charge in [-0.25, -0.2) is 0 Å². The van der Waals surface area contributed by atoms with Crippen molar-refractivity contribution >= 4 is 45.6 Å². The Balaban J connectivity index is 0.00000261. The number of thiophene rings is 1. The summed E-state index contributed by atoms with van der Waals surface area (Å²) in [7, 11) is 0. The van der Waals surface area contributed by atoms with Crippen molar-refractivity contribution in [1.29, 1.82) is 0 Å². The van der Waals surface area contributed by atoms with Crippen molar-refractivity contribution in [2.45, 2.75) is 31.7 Å². The first kappa shape index (κ1) is 22.2. The molecule has 0 aliphatic carbocycles. The van der Waals surface area contributed by atoms with Crippen LogP contribution in [0.5, 0.6) is 5.75 Å². The van der Waals surface area contributed by atoms with Crippen molar-refractivity contribution < 1.29 is 9.53 Å². The van der Waals surface area contributed by atoms with Crippen LogP contribution in [0.4, 0.5) is 0 Å². The maximum atomic E-state index is 12.2. The Bertz CT molecular complexity index is 674. The summed E-state index contributed by atoms with van der Waals surface area (Å²) in [5.74, 6) is 0.620. The molecular formula is C20H26BrClN2O2S. The number of carbonyl (C=O) groups is 1. The number of likely N-dealkylation sites (tertiary alicyclic amines) is 1. The third-order valence-electron chi connectivity index (χ3n) is 4.63. The molecule has 2 heterocycles. The fourth-order valence-corrected chi connectivity index (χ4v) is 4.36. The average molecular weight is 474 g/mol. The molecule has 0 radical (unpaired) electrons. The number of nitrogens with zero attached hydrogens (tertiary/aromatic N) is 1. The minimum atomic E-state index is -0.0794. The molecule has 0 saturated carbocycles. The molecule has 148 valence electrons. The summed E-state index contributed by atoms with van der Waals surface area (Å²) in [6.45, 7) is 2.88. The largest absolute Gasteiger partial charge is 0.484 e. The quantitative estimate of drug-likeness (QED) is 0.612. The van der Waals surface area contributed by atoms with Gasteiger partial charge >= 0.3 is 0 Å². The van der Waals surface area contributed by atoms with Crippen LogP contribution in [0, 0.1) is 0 Å². The monoisotopic (exact) mass is 472 g/mol. The van der Waals surface area contributed by atoms with Crippen LogP contribution in [0.3, 0.4) is 0 Å². The molecule has 0 bridgehead atoms. The summed E-state index contributed by atoms with van der Waals surface area (Å²) in [6, 6.07) is 12.0. The summed E-state index contributed by atoms with van der Waals surface area (Å²) in [5.41, 5.74) is 0. The Morgan fingerprint density at radius 1 is 1.15 bits per heavy atom. The molecule has 7 heteroatoms. The Labute approximate surface area is 179 Å². The maximum Gasteiger partial charge on any atom is 0.258 e. The molecule has 1 N–H and O–H groups in total. The van der Waals surface area contributed by atoms with Crippen molar-refractivity contribution in [3.8, 4) is 5.75 Å². The zero-order chi connectivity index (χ0) is 18.2. The van der Waals surface area contributed by atoms with Crippen LogP contribution in [0.15, 0.2) is 46.3 Å². The molecule has 1 saturated heterocycles. The lowest BCUT2D eigenvalue weighted by atomic mass is 10.2. The molecule has 2 aromatic rings. The molecule has 1 fully saturated rings. The third-order valence-corrected chi connectivity index (χ3v) is 6.13. The summed E-state index contributed by atoms with van der Waals surface area (Å²) in [6.07, 6.45) is 5.09. The van der Waals surface area contributed by atoms with E-state index < -0.39 is 0 Å². The van der Waals surface area contributed by atoms with Gasteiger partial charge in [0.2, 0.25) is 0 Å². The number of ether oxygens (including phenoxy) is 1. The Morgan fingerprint density at radius 2 is 1.85 bits per heavy atom. The van der Waals surface area contributed by atoms with Gasteiger partial charge in [0.25, 0.3) is 5.91 Å². The highest BCUT2D eigenvalue weighted by atomic mass is 79.9. The van der Waals surface area contributed by atoms with Crippen LogP contribution >= 0.6 is 39.7 Å². The average Bonchev–Trinajstić information content (AvgIpc) is 3.04. The predicted molar refractivity (Wildman–Crippen MR) is 117 cm³/mol. The van der Waals surface area contributed by atoms with Crippen LogP contribution in [0.25, 0.3) is 0 Å². The van der Waals surface area contributed by atoms with Crippen LogP contribution in [0.2, 0.25) is 0 Å². The second-order valence-electron chi connectivity index (χ2n) is 6.53. The molecule has 27 heavy (non-hydrogen) atoms. The lowest BCUT2D eigenvalue weighted by Gasteiger charge is -2.30. The Morgan fingerprint density at radius 3 is 2.48 bits per heavy atom. The normalized spacial score (nSPS) is 16.0. The molecule has 1 unspecified atom stereocenters. The number of carbonyl (C=O) groups excluding carboxylic acids is 1. The summed E-state index contributed by atoms with van der Waals surface area (Å²) in [5, 5.41) is 5.17. The smallest absolute Gasteiger partial charge is 0.258 e. The van der Waals surface area contributed by atoms with Crippen molar-refractivity contribution in [2.24, 2.45) is 0 Å². The lowest BCUT2D eigenvalue weighted by Crippen LogP contribution is -2.39. The number of hydrogen-bond donors (Lipinski definition) is 1. The molecular weight excluding hydrogens is 448 g/mol. The minimum Gasteiger partial charge on any atom is -0.484 e. The highest BCUT2D eigenvalue weighted by Gasteiger charge is 2.23. The second kappa shape index (κ2) is 11.7. The van der Waals surface area contributed by atoms with Gasteiger partial charge in [-0.1, -0.05) is 34.8 Å². The Hall–Kier alpha value is -1.08. The molecule has 1 aromatic heterocycles. The summed E-state index contributed by atoms with van der Waals surface area (Å²) >= 11 is 5.16. The zero-order valence-electron chi connectivity index (χ0n) is 15.2. The van der Waals surface area contributed by atoms with E-state index in [1.54, 1.807) is 11.3 Å². The Kier molecular flexibility index (Phi) is 9.62. The van der Waals surface area contributed by atoms with Crippen LogP contribution in [-0.2, 0) is 4.79 Å². The lowest BCUT2D eigenvalue weighted by molar-refractivity contribution is -0.123. The van der Waals surface area contributed by atoms with E-state index in [0.717, 1.165) is 17.6 Å². The van der Waals surface area contributed by atoms with Crippen LogP contribution in [0.1, 0.15) is 36.6 Å². The first-order valence-electron chi connectivity index (χ1n) is 9.15. The second-order valence-corrected chi connectivity index (χ2v) is 8.42. The SMILES string of the molecule is Cl.O=C(COc1ccc(Br)cc1)NCC(c1cccs1)N1CCCCCC1. The van der Waals surface area contributed by atoms with E-state index in [1.165, 1.54) is 30.6 Å². The number of hydrogen-bond acceptors (Lipinski definition) is 4. The maximum absolute atomic E-state index is 12.2. The number of benzene rings is 1. The first-order valence-corrected chi connectivity index (χ1v) is 10.8. The number of amides is 1. The van der Waals surface area contributed by atoms with Crippen LogP contribution in [-0.4, -0.2) is 37.0 Å². The molecule has 1 atom stereocenters. The van der Waals surface area contributed by atoms with Gasteiger partial charge in [0.1, 0.15) is 5.75 Å². The van der Waals surface area contributed by atoms with E-state index >= 15 is 0 Å². The van der Waals surface area contributed by atoms with Gasteiger partial charge < -0.3 is 10.1 Å². The first-order chi connectivity index (χ1) is 12.7. The van der Waals surface area contributed by atoms with Gasteiger partial charge in [-0.15, -0.1) is 23.7 Å². The van der Waals surface area contributed by atoms with E-state index in [-0.39, 0.29) is 31.0 Å². The fraction of sp³-hybridized carbons (Fsp3) is 0.450. The van der Waals surface area contributed by atoms with Gasteiger partial charge in [0, 0.05) is 15.9 Å². The standard InChI is InChI=1S/C20H25BrN2O2S.ClH/c21-16-7-9-17(10-8-16)25-15-20(24)22-14-18(19-6-5-13-26-19)23-11-3-1-2-4-12-23;/h5-10,13,18H,1-4,11-12,14-15H2,(H,22,24);1H. The van der Waals surface area contributed by atoms with Crippen molar-refractivity contribution in [1.82, 2.24) is 10.2 Å².